The molecule has 1 aromatic carbocycles. The van der Waals surface area contributed by atoms with Crippen LogP contribution in [-0.4, -0.2) is 37.2 Å². The summed E-state index contributed by atoms with van der Waals surface area (Å²) in [6, 6.07) is 14.3. The van der Waals surface area contributed by atoms with E-state index >= 15 is 0 Å². The molecule has 0 aliphatic carbocycles. The van der Waals surface area contributed by atoms with Crippen molar-refractivity contribution < 1.29 is 0 Å². The highest BCUT2D eigenvalue weighted by atomic mass is 15.0. The Morgan fingerprint density at radius 2 is 1.83 bits per heavy atom. The van der Waals surface area contributed by atoms with Crippen LogP contribution in [0.2, 0.25) is 0 Å². The first kappa shape index (κ1) is 16.2. The lowest BCUT2D eigenvalue weighted by Crippen LogP contribution is -2.13. The van der Waals surface area contributed by atoms with Gasteiger partial charge in [0, 0.05) is 36.4 Å². The van der Waals surface area contributed by atoms with Gasteiger partial charge in [-0.25, -0.2) is 4.98 Å². The molecule has 3 rings (SSSR count). The maximum atomic E-state index is 4.83. The van der Waals surface area contributed by atoms with Crippen molar-refractivity contribution in [3.63, 3.8) is 0 Å². The van der Waals surface area contributed by atoms with Gasteiger partial charge >= 0.3 is 0 Å². The van der Waals surface area contributed by atoms with E-state index in [9.17, 15) is 0 Å². The molecular weight excluding hydrogens is 298 g/mol. The molecule has 5 heteroatoms. The van der Waals surface area contributed by atoms with Crippen LogP contribution in [0.1, 0.15) is 6.42 Å². The molecule has 0 saturated heterocycles. The van der Waals surface area contributed by atoms with Crippen molar-refractivity contribution in [3.8, 4) is 11.3 Å². The van der Waals surface area contributed by atoms with Crippen LogP contribution < -0.4 is 16.0 Å². The average Bonchev–Trinajstić information content (AvgIpc) is 2.65. The fraction of sp³-hybridized carbons (Fsp3) is 0.263. The van der Waals surface area contributed by atoms with Gasteiger partial charge in [0.25, 0.3) is 0 Å². The van der Waals surface area contributed by atoms with Crippen molar-refractivity contribution in [1.82, 2.24) is 15.3 Å². The number of benzene rings is 1. The van der Waals surface area contributed by atoms with Crippen LogP contribution in [0.3, 0.4) is 0 Å². The van der Waals surface area contributed by atoms with Crippen LogP contribution in [0.4, 0.5) is 11.5 Å². The van der Waals surface area contributed by atoms with Gasteiger partial charge in [-0.1, -0.05) is 12.1 Å². The first-order chi connectivity index (χ1) is 11.8. The van der Waals surface area contributed by atoms with Crippen molar-refractivity contribution in [2.45, 2.75) is 6.42 Å². The van der Waals surface area contributed by atoms with Crippen LogP contribution in [0.5, 0.6) is 0 Å². The van der Waals surface area contributed by atoms with Gasteiger partial charge in [0.05, 0.1) is 11.2 Å². The number of pyridine rings is 2. The highest BCUT2D eigenvalue weighted by molar-refractivity contribution is 5.92. The van der Waals surface area contributed by atoms with E-state index in [1.807, 2.05) is 32.4 Å². The Morgan fingerprint density at radius 1 is 1.00 bits per heavy atom. The Hall–Kier alpha value is -2.66. The smallest absolute Gasteiger partial charge is 0.136 e. The van der Waals surface area contributed by atoms with Crippen molar-refractivity contribution in [1.29, 1.82) is 0 Å². The van der Waals surface area contributed by atoms with E-state index < -0.39 is 0 Å². The largest absolute Gasteiger partial charge is 0.388 e. The molecule has 0 spiro atoms. The van der Waals surface area contributed by atoms with Gasteiger partial charge in [-0.2, -0.15) is 0 Å². The van der Waals surface area contributed by atoms with Crippen LogP contribution in [-0.2, 0) is 0 Å². The summed E-state index contributed by atoms with van der Waals surface area (Å²) in [6.07, 6.45) is 2.86. The lowest BCUT2D eigenvalue weighted by atomic mass is 10.1. The zero-order valence-corrected chi connectivity index (χ0v) is 14.1. The summed E-state index contributed by atoms with van der Waals surface area (Å²) in [5.74, 6) is 0.893. The summed E-state index contributed by atoms with van der Waals surface area (Å²) in [5, 5.41) is 10.8. The average molecular weight is 321 g/mol. The first-order valence-corrected chi connectivity index (χ1v) is 8.24. The molecule has 0 aliphatic heterocycles. The fourth-order valence-electron chi connectivity index (χ4n) is 2.64. The van der Waals surface area contributed by atoms with Crippen LogP contribution in [0, 0.1) is 0 Å². The SMILES string of the molecule is CNCCCNc1nc(-c2ccc(NC)cc2)cc2ncccc12. The predicted octanol–water partition coefficient (Wildman–Crippen LogP) is 3.36. The number of aromatic nitrogens is 2. The molecular formula is C19H23N5. The molecule has 0 radical (unpaired) electrons. The number of fused-ring (bicyclic) bond motifs is 1. The molecule has 0 atom stereocenters. The topological polar surface area (TPSA) is 61.9 Å². The highest BCUT2D eigenvalue weighted by Crippen LogP contribution is 2.27. The van der Waals surface area contributed by atoms with E-state index in [0.29, 0.717) is 0 Å². The number of nitrogens with one attached hydrogen (secondary N) is 3. The standard InChI is InChI=1S/C19H23N5/c1-20-10-4-12-23-19-16-5-3-11-22-18(16)13-17(24-19)14-6-8-15(21-2)9-7-14/h3,5-9,11,13,20-21H,4,10,12H2,1-2H3,(H,23,24). The second-order valence-electron chi connectivity index (χ2n) is 5.64. The van der Waals surface area contributed by atoms with Crippen LogP contribution in [0.15, 0.2) is 48.7 Å². The van der Waals surface area contributed by atoms with E-state index in [4.69, 9.17) is 4.98 Å². The number of rotatable bonds is 7. The van der Waals surface area contributed by atoms with Gasteiger partial charge in [0.1, 0.15) is 5.82 Å². The lowest BCUT2D eigenvalue weighted by Gasteiger charge is -2.11. The van der Waals surface area contributed by atoms with E-state index in [0.717, 1.165) is 53.2 Å². The molecule has 24 heavy (non-hydrogen) atoms. The molecule has 0 fully saturated rings. The second-order valence-corrected chi connectivity index (χ2v) is 5.64. The minimum absolute atomic E-state index is 0.875. The van der Waals surface area contributed by atoms with Gasteiger partial charge in [-0.05, 0) is 50.3 Å². The third-order valence-electron chi connectivity index (χ3n) is 3.96. The zero-order chi connectivity index (χ0) is 16.8. The number of hydrogen-bond acceptors (Lipinski definition) is 5. The molecule has 0 bridgehead atoms. The molecule has 0 amide bonds. The van der Waals surface area contributed by atoms with Crippen molar-refractivity contribution in [3.05, 3.63) is 48.7 Å². The Morgan fingerprint density at radius 3 is 2.58 bits per heavy atom. The summed E-state index contributed by atoms with van der Waals surface area (Å²) in [4.78, 5) is 9.33. The Labute approximate surface area is 142 Å². The summed E-state index contributed by atoms with van der Waals surface area (Å²) >= 11 is 0. The third kappa shape index (κ3) is 3.63. The highest BCUT2D eigenvalue weighted by Gasteiger charge is 2.08. The molecule has 0 unspecified atom stereocenters. The molecule has 0 aliphatic rings. The van der Waals surface area contributed by atoms with Crippen molar-refractivity contribution >= 4 is 22.4 Å². The van der Waals surface area contributed by atoms with E-state index in [1.54, 1.807) is 0 Å². The molecule has 3 N–H and O–H groups in total. The van der Waals surface area contributed by atoms with Crippen LogP contribution in [0.25, 0.3) is 22.2 Å². The molecule has 3 aromatic rings. The maximum Gasteiger partial charge on any atom is 0.136 e. The number of anilines is 2. The molecule has 124 valence electrons. The Bertz CT molecular complexity index is 798. The summed E-state index contributed by atoms with van der Waals surface area (Å²) in [5.41, 5.74) is 4.05. The van der Waals surface area contributed by atoms with Crippen LogP contribution >= 0.6 is 0 Å². The Kier molecular flexibility index (Phi) is 5.23. The minimum atomic E-state index is 0.875. The van der Waals surface area contributed by atoms with Gasteiger partial charge in [0.2, 0.25) is 0 Å². The number of nitrogens with zero attached hydrogens (tertiary/aromatic N) is 2. The zero-order valence-electron chi connectivity index (χ0n) is 14.1. The molecule has 5 nitrogen and oxygen atoms in total. The summed E-state index contributed by atoms with van der Waals surface area (Å²) in [6.45, 7) is 1.86. The molecule has 0 saturated carbocycles. The Balaban J connectivity index is 1.95. The minimum Gasteiger partial charge on any atom is -0.388 e. The van der Waals surface area contributed by atoms with Crippen molar-refractivity contribution in [2.24, 2.45) is 0 Å². The predicted molar refractivity (Wildman–Crippen MR) is 102 cm³/mol. The molecule has 2 aromatic heterocycles. The van der Waals surface area contributed by atoms with Gasteiger partial charge < -0.3 is 16.0 Å². The van der Waals surface area contributed by atoms with Gasteiger partial charge in [0.15, 0.2) is 0 Å². The normalized spacial score (nSPS) is 10.8. The van der Waals surface area contributed by atoms with E-state index in [2.05, 4.69) is 51.3 Å². The molecule has 2 heterocycles. The first-order valence-electron chi connectivity index (χ1n) is 8.24. The maximum absolute atomic E-state index is 4.83. The summed E-state index contributed by atoms with van der Waals surface area (Å²) < 4.78 is 0. The summed E-state index contributed by atoms with van der Waals surface area (Å²) in [7, 11) is 3.88. The quantitative estimate of drug-likeness (QED) is 0.583. The lowest BCUT2D eigenvalue weighted by molar-refractivity contribution is 0.747. The van der Waals surface area contributed by atoms with E-state index in [-0.39, 0.29) is 0 Å². The monoisotopic (exact) mass is 321 g/mol. The van der Waals surface area contributed by atoms with Gasteiger partial charge in [-0.15, -0.1) is 0 Å². The van der Waals surface area contributed by atoms with E-state index in [1.165, 1.54) is 0 Å². The second kappa shape index (κ2) is 7.75. The fourth-order valence-corrected chi connectivity index (χ4v) is 2.64. The third-order valence-corrected chi connectivity index (χ3v) is 3.96. The van der Waals surface area contributed by atoms with Crippen molar-refractivity contribution in [2.75, 3.05) is 37.8 Å². The number of hydrogen-bond donors (Lipinski definition) is 3. The van der Waals surface area contributed by atoms with Gasteiger partial charge in [-0.3, -0.25) is 4.98 Å².